The van der Waals surface area contributed by atoms with Gasteiger partial charge >= 0.3 is 0 Å². The van der Waals surface area contributed by atoms with Gasteiger partial charge in [-0.3, -0.25) is 4.79 Å². The van der Waals surface area contributed by atoms with Gasteiger partial charge in [0.2, 0.25) is 21.9 Å². The second kappa shape index (κ2) is 9.15. The first-order chi connectivity index (χ1) is 16.6. The molecule has 0 spiro atoms. The fourth-order valence-electron chi connectivity index (χ4n) is 5.09. The molecule has 4 atom stereocenters. The molecule has 10 heteroatoms. The van der Waals surface area contributed by atoms with Crippen molar-refractivity contribution in [1.82, 2.24) is 14.2 Å². The summed E-state index contributed by atoms with van der Waals surface area (Å²) in [4.78, 5) is 18.6. The van der Waals surface area contributed by atoms with Crippen molar-refractivity contribution in [1.29, 1.82) is 0 Å². The number of aryl methyl sites for hydroxylation is 2. The van der Waals surface area contributed by atoms with E-state index in [2.05, 4.69) is 4.98 Å². The third-order valence-corrected chi connectivity index (χ3v) is 9.00. The van der Waals surface area contributed by atoms with Crippen LogP contribution in [-0.2, 0) is 20.5 Å². The number of benzene rings is 1. The molecule has 3 aliphatic rings. The van der Waals surface area contributed by atoms with Crippen LogP contribution in [0.2, 0.25) is 0 Å². The fourth-order valence-corrected chi connectivity index (χ4v) is 6.70. The minimum Gasteiger partial charge on any atom is -0.470 e. The second-order valence-corrected chi connectivity index (χ2v) is 11.9. The van der Waals surface area contributed by atoms with Crippen molar-refractivity contribution in [2.45, 2.75) is 38.2 Å². The van der Waals surface area contributed by atoms with E-state index < -0.39 is 28.2 Å². The van der Waals surface area contributed by atoms with Gasteiger partial charge in [0, 0.05) is 31.8 Å². The SMILES string of the molecule is COC1CN(C(=O)c2cc(C)ccc2C)CC1Oc1cc(CS(=O)(=O)N2CC3CC3C2)cc(F)n1. The zero-order valence-electron chi connectivity index (χ0n) is 20.1. The van der Waals surface area contributed by atoms with Gasteiger partial charge in [0.15, 0.2) is 0 Å². The first-order valence-corrected chi connectivity index (χ1v) is 13.4. The molecular weight excluding hydrogens is 473 g/mol. The maximum atomic E-state index is 14.3. The zero-order chi connectivity index (χ0) is 24.9. The lowest BCUT2D eigenvalue weighted by Gasteiger charge is -2.20. The molecule has 35 heavy (non-hydrogen) atoms. The number of carbonyl (C=O) groups excluding carboxylic acids is 1. The maximum absolute atomic E-state index is 14.3. The molecule has 1 aromatic heterocycles. The standard InChI is InChI=1S/C25H30FN3O5S/c1-15-4-5-16(2)20(6-15)25(30)28-12-21(33-3)22(13-28)34-24-8-17(7-23(26)27-24)14-35(31,32)29-10-18-9-19(18)11-29/h4-8,18-19,21-22H,9-14H2,1-3H3. The van der Waals surface area contributed by atoms with Crippen molar-refractivity contribution in [2.75, 3.05) is 33.3 Å². The van der Waals surface area contributed by atoms with Crippen LogP contribution in [0.5, 0.6) is 5.88 Å². The van der Waals surface area contributed by atoms with Crippen LogP contribution in [-0.4, -0.2) is 74.0 Å². The van der Waals surface area contributed by atoms with Crippen LogP contribution >= 0.6 is 0 Å². The molecule has 2 aromatic rings. The number of pyridine rings is 1. The lowest BCUT2D eigenvalue weighted by atomic mass is 10.0. The Bertz CT molecular complexity index is 1240. The van der Waals surface area contributed by atoms with Gasteiger partial charge in [-0.2, -0.15) is 9.37 Å². The lowest BCUT2D eigenvalue weighted by Crippen LogP contribution is -2.33. The van der Waals surface area contributed by atoms with Crippen LogP contribution in [0.3, 0.4) is 0 Å². The average Bonchev–Trinajstić information content (AvgIpc) is 3.20. The van der Waals surface area contributed by atoms with Crippen molar-refractivity contribution >= 4 is 15.9 Å². The minimum atomic E-state index is -3.54. The number of fused-ring (bicyclic) bond motifs is 1. The van der Waals surface area contributed by atoms with E-state index in [1.165, 1.54) is 17.5 Å². The van der Waals surface area contributed by atoms with Crippen molar-refractivity contribution in [3.8, 4) is 5.88 Å². The predicted molar refractivity (Wildman–Crippen MR) is 127 cm³/mol. The zero-order valence-corrected chi connectivity index (χ0v) is 20.9. The van der Waals surface area contributed by atoms with Gasteiger partial charge in [0.1, 0.15) is 12.2 Å². The van der Waals surface area contributed by atoms with Crippen molar-refractivity contribution in [2.24, 2.45) is 11.8 Å². The first kappa shape index (κ1) is 24.1. The summed E-state index contributed by atoms with van der Waals surface area (Å²) >= 11 is 0. The van der Waals surface area contributed by atoms with Crippen LogP contribution in [0, 0.1) is 31.6 Å². The van der Waals surface area contributed by atoms with Gasteiger partial charge < -0.3 is 14.4 Å². The largest absolute Gasteiger partial charge is 0.470 e. The number of likely N-dealkylation sites (tertiary alicyclic amines) is 1. The highest BCUT2D eigenvalue weighted by Crippen LogP contribution is 2.46. The van der Waals surface area contributed by atoms with E-state index in [-0.39, 0.29) is 29.6 Å². The van der Waals surface area contributed by atoms with Crippen molar-refractivity contribution in [3.63, 3.8) is 0 Å². The summed E-state index contributed by atoms with van der Waals surface area (Å²) < 4.78 is 52.9. The van der Waals surface area contributed by atoms with Crippen molar-refractivity contribution in [3.05, 3.63) is 58.5 Å². The molecule has 0 radical (unpaired) electrons. The molecule has 8 nitrogen and oxygen atoms in total. The Morgan fingerprint density at radius 1 is 1.09 bits per heavy atom. The molecule has 5 rings (SSSR count). The summed E-state index contributed by atoms with van der Waals surface area (Å²) in [6.45, 7) is 5.48. The molecule has 1 aromatic carbocycles. The normalized spacial score (nSPS) is 26.1. The van der Waals surface area contributed by atoms with E-state index in [0.29, 0.717) is 37.0 Å². The summed E-state index contributed by atoms with van der Waals surface area (Å²) in [5.41, 5.74) is 2.78. The number of piperidine rings is 1. The topological polar surface area (TPSA) is 89.0 Å². The van der Waals surface area contributed by atoms with Crippen LogP contribution in [0.1, 0.15) is 33.5 Å². The van der Waals surface area contributed by atoms with Gasteiger partial charge in [0.05, 0.1) is 18.8 Å². The van der Waals surface area contributed by atoms with Gasteiger partial charge in [0.25, 0.3) is 5.91 Å². The van der Waals surface area contributed by atoms with E-state index in [1.807, 2.05) is 32.0 Å². The maximum Gasteiger partial charge on any atom is 0.254 e. The molecule has 1 amide bonds. The van der Waals surface area contributed by atoms with Gasteiger partial charge in [-0.15, -0.1) is 0 Å². The van der Waals surface area contributed by atoms with E-state index in [1.54, 1.807) is 4.90 Å². The third kappa shape index (κ3) is 5.05. The Balaban J connectivity index is 1.29. The Labute approximate surface area is 205 Å². The fraction of sp³-hybridized carbons (Fsp3) is 0.520. The second-order valence-electron chi connectivity index (χ2n) is 9.92. The van der Waals surface area contributed by atoms with Crippen LogP contribution in [0.25, 0.3) is 0 Å². The average molecular weight is 504 g/mol. The number of nitrogens with zero attached hydrogens (tertiary/aromatic N) is 3. The van der Waals surface area contributed by atoms with Gasteiger partial charge in [-0.25, -0.2) is 12.7 Å². The van der Waals surface area contributed by atoms with Crippen LogP contribution in [0.4, 0.5) is 4.39 Å². The summed E-state index contributed by atoms with van der Waals surface area (Å²) in [7, 11) is -2.01. The predicted octanol–water partition coefficient (Wildman–Crippen LogP) is 2.54. The van der Waals surface area contributed by atoms with Crippen LogP contribution in [0.15, 0.2) is 30.3 Å². The number of halogens is 1. The van der Waals surface area contributed by atoms with E-state index in [0.717, 1.165) is 23.6 Å². The Morgan fingerprint density at radius 3 is 2.51 bits per heavy atom. The highest BCUT2D eigenvalue weighted by molar-refractivity contribution is 7.88. The molecule has 1 saturated carbocycles. The molecule has 0 N–H and O–H groups in total. The lowest BCUT2D eigenvalue weighted by molar-refractivity contribution is 0.0315. The number of aromatic nitrogens is 1. The minimum absolute atomic E-state index is 0.0208. The van der Waals surface area contributed by atoms with E-state index in [4.69, 9.17) is 9.47 Å². The summed E-state index contributed by atoms with van der Waals surface area (Å²) in [5, 5.41) is 0. The summed E-state index contributed by atoms with van der Waals surface area (Å²) in [6, 6.07) is 8.31. The van der Waals surface area contributed by atoms with Gasteiger partial charge in [-0.1, -0.05) is 17.7 Å². The number of sulfonamides is 1. The van der Waals surface area contributed by atoms with Crippen LogP contribution < -0.4 is 4.74 Å². The molecule has 4 unspecified atom stereocenters. The number of hydrogen-bond acceptors (Lipinski definition) is 6. The monoisotopic (exact) mass is 503 g/mol. The third-order valence-electron chi connectivity index (χ3n) is 7.22. The Kier molecular flexibility index (Phi) is 6.31. The number of amides is 1. The molecule has 188 valence electrons. The molecule has 0 bridgehead atoms. The van der Waals surface area contributed by atoms with E-state index >= 15 is 0 Å². The van der Waals surface area contributed by atoms with Crippen molar-refractivity contribution < 1.29 is 27.1 Å². The Morgan fingerprint density at radius 2 is 1.80 bits per heavy atom. The molecule has 3 heterocycles. The number of methoxy groups -OCH3 is 1. The molecule has 2 saturated heterocycles. The highest BCUT2D eigenvalue weighted by Gasteiger charge is 2.48. The summed E-state index contributed by atoms with van der Waals surface area (Å²) in [5.74, 6) is -0.319. The number of hydrogen-bond donors (Lipinski definition) is 0. The number of ether oxygens (including phenoxy) is 2. The number of rotatable bonds is 7. The molecular formula is C25H30FN3O5S. The number of carbonyl (C=O) groups is 1. The molecule has 2 aliphatic heterocycles. The quantitative estimate of drug-likeness (QED) is 0.540. The van der Waals surface area contributed by atoms with Gasteiger partial charge in [-0.05, 0) is 55.4 Å². The Hall–Kier alpha value is -2.56. The molecule has 3 fully saturated rings. The molecule has 1 aliphatic carbocycles. The summed E-state index contributed by atoms with van der Waals surface area (Å²) in [6.07, 6.45) is 0.0926. The van der Waals surface area contributed by atoms with E-state index in [9.17, 15) is 17.6 Å². The highest BCUT2D eigenvalue weighted by atomic mass is 32.2. The first-order valence-electron chi connectivity index (χ1n) is 11.8. The smallest absolute Gasteiger partial charge is 0.254 e.